The molecule has 2 rings (SSSR count). The van der Waals surface area contributed by atoms with Crippen molar-refractivity contribution in [3.63, 3.8) is 0 Å². The van der Waals surface area contributed by atoms with Crippen molar-refractivity contribution in [1.29, 1.82) is 0 Å². The van der Waals surface area contributed by atoms with E-state index in [1.807, 2.05) is 31.3 Å². The Morgan fingerprint density at radius 3 is 2.67 bits per heavy atom. The van der Waals surface area contributed by atoms with E-state index in [9.17, 15) is 4.79 Å². The van der Waals surface area contributed by atoms with Gasteiger partial charge in [-0.05, 0) is 24.3 Å². The molecule has 1 aromatic carbocycles. The number of carbonyl (C=O) groups is 1. The lowest BCUT2D eigenvalue weighted by Crippen LogP contribution is -2.21. The summed E-state index contributed by atoms with van der Waals surface area (Å²) >= 11 is 0. The Kier molecular flexibility index (Phi) is 2.76. The number of hydrogen-bond acceptors (Lipinski definition) is 4. The standard InChI is InChI=1S/C11H13NO3/c1-12-8-2-4-9(5-3-8)15-10-6-7-14-11(10)13/h2-5,10,12H,6-7H2,1H3. The highest BCUT2D eigenvalue weighted by atomic mass is 16.6. The van der Waals surface area contributed by atoms with Crippen LogP contribution in [0.2, 0.25) is 0 Å². The van der Waals surface area contributed by atoms with Crippen LogP contribution < -0.4 is 10.1 Å². The van der Waals surface area contributed by atoms with Crippen molar-refractivity contribution in [2.45, 2.75) is 12.5 Å². The predicted octanol–water partition coefficient (Wildman–Crippen LogP) is 1.42. The highest BCUT2D eigenvalue weighted by Gasteiger charge is 2.28. The number of anilines is 1. The summed E-state index contributed by atoms with van der Waals surface area (Å²) in [6, 6.07) is 7.46. The molecule has 1 fully saturated rings. The molecule has 0 spiro atoms. The van der Waals surface area contributed by atoms with Crippen molar-refractivity contribution < 1.29 is 14.3 Å². The number of benzene rings is 1. The molecular weight excluding hydrogens is 194 g/mol. The molecule has 0 bridgehead atoms. The van der Waals surface area contributed by atoms with Crippen LogP contribution in [0, 0.1) is 0 Å². The van der Waals surface area contributed by atoms with Crippen LogP contribution in [-0.4, -0.2) is 25.7 Å². The molecule has 0 radical (unpaired) electrons. The molecule has 1 N–H and O–H groups in total. The second-order valence-electron chi connectivity index (χ2n) is 3.34. The number of nitrogens with one attached hydrogen (secondary N) is 1. The van der Waals surface area contributed by atoms with Gasteiger partial charge in [-0.15, -0.1) is 0 Å². The molecule has 0 saturated carbocycles. The van der Waals surface area contributed by atoms with Crippen LogP contribution in [0.3, 0.4) is 0 Å². The minimum Gasteiger partial charge on any atom is -0.479 e. The lowest BCUT2D eigenvalue weighted by Gasteiger charge is -2.10. The summed E-state index contributed by atoms with van der Waals surface area (Å²) in [7, 11) is 1.85. The van der Waals surface area contributed by atoms with Gasteiger partial charge in [0.05, 0.1) is 6.61 Å². The third-order valence-corrected chi connectivity index (χ3v) is 2.31. The number of ether oxygens (including phenoxy) is 2. The molecule has 1 heterocycles. The molecule has 1 aliphatic heterocycles. The Morgan fingerprint density at radius 2 is 2.13 bits per heavy atom. The van der Waals surface area contributed by atoms with E-state index in [4.69, 9.17) is 9.47 Å². The third kappa shape index (κ3) is 2.21. The number of cyclic esters (lactones) is 1. The molecule has 80 valence electrons. The first kappa shape index (κ1) is 9.83. The number of hydrogen-bond donors (Lipinski definition) is 1. The molecule has 1 saturated heterocycles. The molecule has 4 heteroatoms. The van der Waals surface area contributed by atoms with Crippen LogP contribution >= 0.6 is 0 Å². The number of carbonyl (C=O) groups excluding carboxylic acids is 1. The van der Waals surface area contributed by atoms with E-state index in [2.05, 4.69) is 5.32 Å². The summed E-state index contributed by atoms with van der Waals surface area (Å²) in [6.07, 6.45) is 0.192. The fourth-order valence-electron chi connectivity index (χ4n) is 1.45. The summed E-state index contributed by atoms with van der Waals surface area (Å²) in [5.41, 5.74) is 1.01. The van der Waals surface area contributed by atoms with Crippen molar-refractivity contribution in [1.82, 2.24) is 0 Å². The van der Waals surface area contributed by atoms with Gasteiger partial charge < -0.3 is 14.8 Å². The van der Waals surface area contributed by atoms with Crippen molar-refractivity contribution in [2.24, 2.45) is 0 Å². The topological polar surface area (TPSA) is 47.6 Å². The second kappa shape index (κ2) is 4.21. The van der Waals surface area contributed by atoms with Gasteiger partial charge in [0.25, 0.3) is 0 Å². The summed E-state index contributed by atoms with van der Waals surface area (Å²) in [5, 5.41) is 3.01. The summed E-state index contributed by atoms with van der Waals surface area (Å²) < 4.78 is 10.3. The smallest absolute Gasteiger partial charge is 0.347 e. The van der Waals surface area contributed by atoms with Crippen molar-refractivity contribution in [2.75, 3.05) is 19.0 Å². The summed E-state index contributed by atoms with van der Waals surface area (Å²) in [5.74, 6) is 0.422. The number of rotatable bonds is 3. The minimum atomic E-state index is -0.439. The molecule has 1 aromatic rings. The van der Waals surface area contributed by atoms with E-state index in [-0.39, 0.29) is 5.97 Å². The molecule has 0 amide bonds. The van der Waals surface area contributed by atoms with E-state index in [1.165, 1.54) is 0 Å². The first-order valence-electron chi connectivity index (χ1n) is 4.91. The highest BCUT2D eigenvalue weighted by molar-refractivity contribution is 5.76. The van der Waals surface area contributed by atoms with Crippen LogP contribution in [-0.2, 0) is 9.53 Å². The van der Waals surface area contributed by atoms with Crippen LogP contribution in [0.25, 0.3) is 0 Å². The lowest BCUT2D eigenvalue weighted by atomic mass is 10.3. The largest absolute Gasteiger partial charge is 0.479 e. The molecule has 0 aromatic heterocycles. The van der Waals surface area contributed by atoms with Crippen molar-refractivity contribution >= 4 is 11.7 Å². The third-order valence-electron chi connectivity index (χ3n) is 2.31. The van der Waals surface area contributed by atoms with E-state index >= 15 is 0 Å². The molecule has 1 unspecified atom stereocenters. The molecule has 15 heavy (non-hydrogen) atoms. The van der Waals surface area contributed by atoms with Gasteiger partial charge in [0.2, 0.25) is 0 Å². The minimum absolute atomic E-state index is 0.271. The van der Waals surface area contributed by atoms with Crippen molar-refractivity contribution in [3.05, 3.63) is 24.3 Å². The van der Waals surface area contributed by atoms with Crippen LogP contribution in [0.1, 0.15) is 6.42 Å². The zero-order valence-electron chi connectivity index (χ0n) is 8.53. The van der Waals surface area contributed by atoms with Crippen LogP contribution in [0.15, 0.2) is 24.3 Å². The maximum absolute atomic E-state index is 11.1. The molecule has 4 nitrogen and oxygen atoms in total. The zero-order valence-corrected chi connectivity index (χ0v) is 8.53. The fourth-order valence-corrected chi connectivity index (χ4v) is 1.45. The average Bonchev–Trinajstić information content (AvgIpc) is 2.66. The first-order chi connectivity index (χ1) is 7.29. The van der Waals surface area contributed by atoms with Gasteiger partial charge in [-0.2, -0.15) is 0 Å². The molecule has 1 aliphatic rings. The average molecular weight is 207 g/mol. The summed E-state index contributed by atoms with van der Waals surface area (Å²) in [6.45, 7) is 0.456. The zero-order chi connectivity index (χ0) is 10.7. The maximum atomic E-state index is 11.1. The van der Waals surface area contributed by atoms with E-state index in [0.29, 0.717) is 18.8 Å². The number of esters is 1. The van der Waals surface area contributed by atoms with Gasteiger partial charge in [0.1, 0.15) is 5.75 Å². The van der Waals surface area contributed by atoms with Crippen molar-refractivity contribution in [3.8, 4) is 5.75 Å². The summed E-state index contributed by atoms with van der Waals surface area (Å²) in [4.78, 5) is 11.1. The van der Waals surface area contributed by atoms with Crippen LogP contribution in [0.5, 0.6) is 5.75 Å². The van der Waals surface area contributed by atoms with E-state index in [1.54, 1.807) is 0 Å². The Balaban J connectivity index is 2.01. The predicted molar refractivity (Wildman–Crippen MR) is 56.0 cm³/mol. The Bertz CT molecular complexity index is 347. The van der Waals surface area contributed by atoms with E-state index in [0.717, 1.165) is 5.69 Å². The molecule has 0 aliphatic carbocycles. The molecule has 1 atom stereocenters. The van der Waals surface area contributed by atoms with Gasteiger partial charge in [-0.25, -0.2) is 4.79 Å². The first-order valence-corrected chi connectivity index (χ1v) is 4.91. The fraction of sp³-hybridized carbons (Fsp3) is 0.364. The monoisotopic (exact) mass is 207 g/mol. The van der Waals surface area contributed by atoms with Gasteiger partial charge in [0, 0.05) is 19.2 Å². The van der Waals surface area contributed by atoms with E-state index < -0.39 is 6.10 Å². The van der Waals surface area contributed by atoms with Crippen LogP contribution in [0.4, 0.5) is 5.69 Å². The van der Waals surface area contributed by atoms with Gasteiger partial charge in [-0.3, -0.25) is 0 Å². The lowest BCUT2D eigenvalue weighted by molar-refractivity contribution is -0.143. The Hall–Kier alpha value is -1.71. The Labute approximate surface area is 88.2 Å². The molecular formula is C11H13NO3. The van der Waals surface area contributed by atoms with Gasteiger partial charge in [0.15, 0.2) is 6.10 Å². The second-order valence-corrected chi connectivity index (χ2v) is 3.34. The quantitative estimate of drug-likeness (QED) is 0.761. The SMILES string of the molecule is CNc1ccc(OC2CCOC2=O)cc1. The van der Waals surface area contributed by atoms with Gasteiger partial charge in [-0.1, -0.05) is 0 Å². The highest BCUT2D eigenvalue weighted by Crippen LogP contribution is 2.19. The maximum Gasteiger partial charge on any atom is 0.347 e. The van der Waals surface area contributed by atoms with Gasteiger partial charge >= 0.3 is 5.97 Å². The normalized spacial score (nSPS) is 19.8. The Morgan fingerprint density at radius 1 is 1.40 bits per heavy atom.